The molecule has 2 fully saturated rings. The van der Waals surface area contributed by atoms with Gasteiger partial charge in [-0.3, -0.25) is 24.2 Å². The van der Waals surface area contributed by atoms with Crippen molar-refractivity contribution >= 4 is 18.0 Å². The third kappa shape index (κ3) is 5.59. The average molecular weight is 379 g/mol. The van der Waals surface area contributed by atoms with Crippen molar-refractivity contribution in [3.05, 3.63) is 11.4 Å². The molecule has 2 rings (SSSR count). The van der Waals surface area contributed by atoms with Gasteiger partial charge in [0, 0.05) is 19.0 Å². The van der Waals surface area contributed by atoms with Crippen LogP contribution in [0.2, 0.25) is 0 Å². The minimum Gasteiger partial charge on any atom is -0.481 e. The summed E-state index contributed by atoms with van der Waals surface area (Å²) in [6.07, 6.45) is 2.42. The molecule has 0 radical (unpaired) electrons. The number of nitrogens with zero attached hydrogens (tertiary/aromatic N) is 3. The van der Waals surface area contributed by atoms with Crippen molar-refractivity contribution < 1.29 is 24.2 Å². The van der Waals surface area contributed by atoms with Crippen molar-refractivity contribution in [2.24, 2.45) is 5.92 Å². The summed E-state index contributed by atoms with van der Waals surface area (Å²) in [6, 6.07) is -0.228. The van der Waals surface area contributed by atoms with Crippen LogP contribution in [0.5, 0.6) is 0 Å². The summed E-state index contributed by atoms with van der Waals surface area (Å²) in [5.74, 6) is -1.47. The molecule has 1 N–H and O–H groups in total. The molecule has 150 valence electrons. The first kappa shape index (κ1) is 21.0. The van der Waals surface area contributed by atoms with Crippen LogP contribution in [0.3, 0.4) is 0 Å². The van der Waals surface area contributed by atoms with Gasteiger partial charge in [-0.25, -0.2) is 11.4 Å². The van der Waals surface area contributed by atoms with Gasteiger partial charge in [0.2, 0.25) is 5.91 Å². The largest absolute Gasteiger partial charge is 0.481 e. The monoisotopic (exact) mass is 379 g/mol. The highest BCUT2D eigenvalue weighted by molar-refractivity contribution is 5.83. The van der Waals surface area contributed by atoms with E-state index in [2.05, 4.69) is 4.85 Å². The highest BCUT2D eigenvalue weighted by Gasteiger charge is 2.38. The fourth-order valence-electron chi connectivity index (χ4n) is 3.71. The predicted octanol–water partition coefficient (Wildman–Crippen LogP) is 2.73. The first-order valence-electron chi connectivity index (χ1n) is 9.51. The van der Waals surface area contributed by atoms with Crippen molar-refractivity contribution in [1.82, 2.24) is 9.80 Å². The highest BCUT2D eigenvalue weighted by atomic mass is 16.6. The maximum absolute atomic E-state index is 12.7. The van der Waals surface area contributed by atoms with E-state index in [-0.39, 0.29) is 18.5 Å². The van der Waals surface area contributed by atoms with Gasteiger partial charge in [-0.05, 0) is 52.9 Å². The molecule has 8 nitrogen and oxygen atoms in total. The second-order valence-corrected chi connectivity index (χ2v) is 8.29. The van der Waals surface area contributed by atoms with E-state index in [4.69, 9.17) is 11.3 Å². The number of hydrogen-bond acceptors (Lipinski definition) is 4. The molecule has 1 heterocycles. The van der Waals surface area contributed by atoms with Gasteiger partial charge in [-0.1, -0.05) is 0 Å². The lowest BCUT2D eigenvalue weighted by atomic mass is 9.85. The lowest BCUT2D eigenvalue weighted by Gasteiger charge is -2.37. The summed E-state index contributed by atoms with van der Waals surface area (Å²) in [4.78, 5) is 43.1. The maximum Gasteiger partial charge on any atom is 0.411 e. The molecule has 2 aliphatic rings. The van der Waals surface area contributed by atoms with Gasteiger partial charge in [-0.15, -0.1) is 0 Å². The SMILES string of the molecule is [C-]#[N+][C@@H]1CCCN1C(=O)CN(C(=O)OC(C)(C)C)C1CCC(C(=O)O)CC1. The number of carboxylic acid groups (broad SMARTS) is 1. The Balaban J connectivity index is 2.10. The maximum atomic E-state index is 12.7. The summed E-state index contributed by atoms with van der Waals surface area (Å²) in [7, 11) is 0. The van der Waals surface area contributed by atoms with Crippen molar-refractivity contribution in [3.8, 4) is 0 Å². The number of amides is 2. The number of rotatable bonds is 4. The smallest absolute Gasteiger partial charge is 0.411 e. The molecule has 2 amide bonds. The minimum absolute atomic E-state index is 0.136. The van der Waals surface area contributed by atoms with Crippen LogP contribution in [0.15, 0.2) is 0 Å². The molecule has 0 aromatic heterocycles. The summed E-state index contributed by atoms with van der Waals surface area (Å²) >= 11 is 0. The Morgan fingerprint density at radius 2 is 1.81 bits per heavy atom. The first-order chi connectivity index (χ1) is 12.6. The molecule has 0 spiro atoms. The van der Waals surface area contributed by atoms with Crippen LogP contribution in [0, 0.1) is 12.5 Å². The van der Waals surface area contributed by atoms with E-state index in [1.165, 1.54) is 9.80 Å². The highest BCUT2D eigenvalue weighted by Crippen LogP contribution is 2.29. The van der Waals surface area contributed by atoms with Crippen LogP contribution >= 0.6 is 0 Å². The lowest BCUT2D eigenvalue weighted by Crippen LogP contribution is -2.50. The lowest BCUT2D eigenvalue weighted by molar-refractivity contribution is -0.143. The zero-order valence-electron chi connectivity index (χ0n) is 16.3. The van der Waals surface area contributed by atoms with Gasteiger partial charge in [-0.2, -0.15) is 0 Å². The van der Waals surface area contributed by atoms with Crippen molar-refractivity contribution in [2.75, 3.05) is 13.1 Å². The zero-order chi connectivity index (χ0) is 20.2. The number of aliphatic carboxylic acids is 1. The van der Waals surface area contributed by atoms with Gasteiger partial charge in [0.15, 0.2) is 0 Å². The number of ether oxygens (including phenoxy) is 1. The van der Waals surface area contributed by atoms with Crippen molar-refractivity contribution in [2.45, 2.75) is 77.1 Å². The molecule has 8 heteroatoms. The molecule has 27 heavy (non-hydrogen) atoms. The third-order valence-corrected chi connectivity index (χ3v) is 5.11. The molecule has 1 saturated heterocycles. The van der Waals surface area contributed by atoms with Crippen LogP contribution in [0.1, 0.15) is 59.3 Å². The Bertz CT molecular complexity index is 614. The Kier molecular flexibility index (Phi) is 6.68. The Labute approximate surface area is 160 Å². The van der Waals surface area contributed by atoms with E-state index in [1.54, 1.807) is 20.8 Å². The molecule has 0 aromatic rings. The number of likely N-dealkylation sites (tertiary alicyclic amines) is 1. The third-order valence-electron chi connectivity index (χ3n) is 5.11. The molecular weight excluding hydrogens is 350 g/mol. The zero-order valence-corrected chi connectivity index (χ0v) is 16.3. The van der Waals surface area contributed by atoms with Gasteiger partial charge in [0.05, 0.1) is 5.92 Å². The van der Waals surface area contributed by atoms with E-state index in [1.807, 2.05) is 0 Å². The van der Waals surface area contributed by atoms with Crippen LogP contribution in [0.4, 0.5) is 4.79 Å². The molecule has 0 aromatic carbocycles. The number of carbonyl (C=O) groups excluding carboxylic acids is 2. The summed E-state index contributed by atoms with van der Waals surface area (Å²) in [5.41, 5.74) is -0.691. The summed E-state index contributed by atoms with van der Waals surface area (Å²) < 4.78 is 5.48. The van der Waals surface area contributed by atoms with Crippen molar-refractivity contribution in [3.63, 3.8) is 0 Å². The fraction of sp³-hybridized carbons (Fsp3) is 0.789. The first-order valence-corrected chi connectivity index (χ1v) is 9.51. The predicted molar refractivity (Wildman–Crippen MR) is 97.7 cm³/mol. The van der Waals surface area contributed by atoms with E-state index < -0.39 is 29.7 Å². The summed E-state index contributed by atoms with van der Waals surface area (Å²) in [6.45, 7) is 12.9. The molecule has 1 aliphatic carbocycles. The topological polar surface area (TPSA) is 91.5 Å². The fourth-order valence-corrected chi connectivity index (χ4v) is 3.71. The summed E-state index contributed by atoms with van der Waals surface area (Å²) in [5, 5.41) is 9.18. The van der Waals surface area contributed by atoms with Gasteiger partial charge < -0.3 is 9.84 Å². The van der Waals surface area contributed by atoms with Gasteiger partial charge in [0.25, 0.3) is 0 Å². The van der Waals surface area contributed by atoms with Crippen LogP contribution in [0.25, 0.3) is 4.85 Å². The van der Waals surface area contributed by atoms with Gasteiger partial charge >= 0.3 is 18.2 Å². The standard InChI is InChI=1S/C19H29N3O5/c1-19(2,3)27-18(26)22(14-9-7-13(8-10-14)17(24)25)12-16(23)21-11-5-6-15(21)20-4/h13-15H,5-12H2,1-3H3,(H,24,25)/t13?,14?,15-/m0/s1. The Morgan fingerprint density at radius 3 is 2.33 bits per heavy atom. The van der Waals surface area contributed by atoms with Gasteiger partial charge in [0.1, 0.15) is 12.1 Å². The molecule has 0 bridgehead atoms. The number of hydrogen-bond donors (Lipinski definition) is 1. The molecule has 1 saturated carbocycles. The Morgan fingerprint density at radius 1 is 1.19 bits per heavy atom. The van der Waals surface area contributed by atoms with Crippen LogP contribution in [-0.4, -0.2) is 63.8 Å². The van der Waals surface area contributed by atoms with Crippen LogP contribution < -0.4 is 0 Å². The second kappa shape index (κ2) is 8.59. The molecule has 1 aliphatic heterocycles. The van der Waals surface area contributed by atoms with E-state index >= 15 is 0 Å². The molecule has 0 unspecified atom stereocenters. The second-order valence-electron chi connectivity index (χ2n) is 8.29. The molecule has 1 atom stereocenters. The van der Waals surface area contributed by atoms with E-state index in [0.29, 0.717) is 38.6 Å². The minimum atomic E-state index is -0.815. The van der Waals surface area contributed by atoms with E-state index in [9.17, 15) is 19.5 Å². The Hall–Kier alpha value is -2.30. The molecular formula is C19H29N3O5. The number of carboxylic acids is 1. The normalized spacial score (nSPS) is 25.6. The average Bonchev–Trinajstić information content (AvgIpc) is 3.06. The number of carbonyl (C=O) groups is 3. The van der Waals surface area contributed by atoms with Crippen LogP contribution in [-0.2, 0) is 14.3 Å². The quantitative estimate of drug-likeness (QED) is 0.759. The van der Waals surface area contributed by atoms with E-state index in [0.717, 1.165) is 6.42 Å². The van der Waals surface area contributed by atoms with Crippen molar-refractivity contribution in [1.29, 1.82) is 0 Å².